The Morgan fingerprint density at radius 3 is 2.16 bits per heavy atom. The fourth-order valence-electron chi connectivity index (χ4n) is 3.74. The molecule has 31 heavy (non-hydrogen) atoms. The maximum atomic E-state index is 13.0. The van der Waals surface area contributed by atoms with Crippen LogP contribution in [-0.2, 0) is 15.7 Å². The normalized spacial score (nSPS) is 17.5. The average molecular weight is 435 g/mol. The third-order valence-electron chi connectivity index (χ3n) is 5.41. The maximum absolute atomic E-state index is 13.0. The Bertz CT molecular complexity index is 924. The Labute approximate surface area is 178 Å². The number of nitrogens with one attached hydrogen (secondary N) is 1. The highest BCUT2D eigenvalue weighted by Gasteiger charge is 2.31. The van der Waals surface area contributed by atoms with E-state index in [-0.39, 0.29) is 5.56 Å². The van der Waals surface area contributed by atoms with E-state index in [1.807, 2.05) is 12.1 Å². The minimum Gasteiger partial charge on any atom is -0.378 e. The number of rotatable bonds is 4. The molecular formula is C22H24F3N3O3. The molecule has 4 rings (SSSR count). The summed E-state index contributed by atoms with van der Waals surface area (Å²) in [5, 5.41) is 2.80. The van der Waals surface area contributed by atoms with Crippen molar-refractivity contribution in [2.24, 2.45) is 0 Å². The number of benzene rings is 2. The van der Waals surface area contributed by atoms with E-state index in [1.165, 1.54) is 12.1 Å². The van der Waals surface area contributed by atoms with Gasteiger partial charge in [0, 0.05) is 37.4 Å². The van der Waals surface area contributed by atoms with Crippen molar-refractivity contribution in [2.75, 3.05) is 67.7 Å². The highest BCUT2D eigenvalue weighted by molar-refractivity contribution is 6.06. The number of carbonyl (C=O) groups excluding carboxylic acids is 1. The van der Waals surface area contributed by atoms with Crippen LogP contribution in [0, 0.1) is 0 Å². The number of ether oxygens (including phenoxy) is 2. The van der Waals surface area contributed by atoms with Crippen LogP contribution in [-0.4, -0.2) is 58.5 Å². The van der Waals surface area contributed by atoms with Gasteiger partial charge < -0.3 is 24.6 Å². The smallest absolute Gasteiger partial charge is 0.378 e. The van der Waals surface area contributed by atoms with Crippen LogP contribution in [0.4, 0.5) is 30.2 Å². The first-order valence-electron chi connectivity index (χ1n) is 10.2. The third-order valence-corrected chi connectivity index (χ3v) is 5.41. The van der Waals surface area contributed by atoms with Crippen LogP contribution >= 0.6 is 0 Å². The van der Waals surface area contributed by atoms with Gasteiger partial charge in [0.1, 0.15) is 0 Å². The number of amides is 1. The van der Waals surface area contributed by atoms with E-state index in [0.717, 1.165) is 36.6 Å². The molecule has 1 amide bonds. The van der Waals surface area contributed by atoms with Crippen molar-refractivity contribution in [1.29, 1.82) is 0 Å². The molecule has 0 aromatic heterocycles. The number of halogens is 3. The molecule has 1 N–H and O–H groups in total. The lowest BCUT2D eigenvalue weighted by molar-refractivity contribution is -0.137. The van der Waals surface area contributed by atoms with Gasteiger partial charge in [-0.05, 0) is 36.4 Å². The molecule has 9 heteroatoms. The number of anilines is 3. The first-order valence-corrected chi connectivity index (χ1v) is 10.2. The molecule has 0 saturated carbocycles. The van der Waals surface area contributed by atoms with Gasteiger partial charge in [0.25, 0.3) is 5.91 Å². The van der Waals surface area contributed by atoms with Crippen molar-refractivity contribution >= 4 is 23.0 Å². The highest BCUT2D eigenvalue weighted by atomic mass is 19.4. The molecule has 2 aromatic carbocycles. The lowest BCUT2D eigenvalue weighted by Gasteiger charge is -2.33. The van der Waals surface area contributed by atoms with E-state index in [0.29, 0.717) is 45.2 Å². The first kappa shape index (κ1) is 21.5. The zero-order chi connectivity index (χ0) is 21.8. The van der Waals surface area contributed by atoms with Crippen LogP contribution in [0.15, 0.2) is 42.5 Å². The summed E-state index contributed by atoms with van der Waals surface area (Å²) in [4.78, 5) is 17.1. The minimum absolute atomic E-state index is 0.0417. The van der Waals surface area contributed by atoms with Crippen molar-refractivity contribution in [2.45, 2.75) is 6.18 Å². The minimum atomic E-state index is -4.50. The lowest BCUT2D eigenvalue weighted by atomic mass is 10.1. The van der Waals surface area contributed by atoms with Crippen LogP contribution < -0.4 is 15.1 Å². The molecule has 0 unspecified atom stereocenters. The van der Waals surface area contributed by atoms with Crippen LogP contribution in [0.5, 0.6) is 0 Å². The van der Waals surface area contributed by atoms with Crippen LogP contribution in [0.25, 0.3) is 0 Å². The monoisotopic (exact) mass is 435 g/mol. The fourth-order valence-corrected chi connectivity index (χ4v) is 3.74. The van der Waals surface area contributed by atoms with Crippen LogP contribution in [0.2, 0.25) is 0 Å². The van der Waals surface area contributed by atoms with Gasteiger partial charge in [-0.1, -0.05) is 6.07 Å². The van der Waals surface area contributed by atoms with Crippen LogP contribution in [0.1, 0.15) is 15.9 Å². The van der Waals surface area contributed by atoms with Gasteiger partial charge in [0.05, 0.1) is 43.4 Å². The fraction of sp³-hybridized carbons (Fsp3) is 0.409. The molecule has 0 radical (unpaired) electrons. The molecular weight excluding hydrogens is 411 g/mol. The molecule has 0 atom stereocenters. The Balaban J connectivity index is 1.61. The highest BCUT2D eigenvalue weighted by Crippen LogP contribution is 2.33. The summed E-state index contributed by atoms with van der Waals surface area (Å²) in [5.41, 5.74) is 1.51. The van der Waals surface area contributed by atoms with Crippen molar-refractivity contribution in [3.05, 3.63) is 53.6 Å². The van der Waals surface area contributed by atoms with E-state index in [2.05, 4.69) is 15.1 Å². The van der Waals surface area contributed by atoms with E-state index in [9.17, 15) is 18.0 Å². The van der Waals surface area contributed by atoms with Gasteiger partial charge in [0.15, 0.2) is 0 Å². The zero-order valence-electron chi connectivity index (χ0n) is 17.0. The number of alkyl halides is 3. The van der Waals surface area contributed by atoms with Gasteiger partial charge in [-0.15, -0.1) is 0 Å². The second kappa shape index (κ2) is 9.15. The predicted octanol–water partition coefficient (Wildman–Crippen LogP) is 3.63. The summed E-state index contributed by atoms with van der Waals surface area (Å²) >= 11 is 0. The number of morpholine rings is 2. The molecule has 2 fully saturated rings. The Kier molecular flexibility index (Phi) is 6.33. The second-order valence-corrected chi connectivity index (χ2v) is 7.43. The molecule has 0 aliphatic carbocycles. The largest absolute Gasteiger partial charge is 0.416 e. The SMILES string of the molecule is O=C(Nc1ccc(N2CCOCC2)cc1N1CCOCC1)c1cccc(C(F)(F)F)c1. The standard InChI is InChI=1S/C22H24F3N3O3/c23-22(24,25)17-3-1-2-16(14-17)21(29)26-19-5-4-18(27-6-10-30-11-7-27)15-20(19)28-8-12-31-13-9-28/h1-5,14-15H,6-13H2,(H,26,29). The molecule has 2 aliphatic rings. The second-order valence-electron chi connectivity index (χ2n) is 7.43. The molecule has 6 nitrogen and oxygen atoms in total. The zero-order valence-corrected chi connectivity index (χ0v) is 17.0. The summed E-state index contributed by atoms with van der Waals surface area (Å²) in [6, 6.07) is 10.2. The van der Waals surface area contributed by atoms with Crippen LogP contribution in [0.3, 0.4) is 0 Å². The molecule has 2 aromatic rings. The lowest BCUT2D eigenvalue weighted by Crippen LogP contribution is -2.38. The summed E-state index contributed by atoms with van der Waals surface area (Å²) < 4.78 is 49.9. The van der Waals surface area contributed by atoms with E-state index < -0.39 is 17.6 Å². The molecule has 2 aliphatic heterocycles. The predicted molar refractivity (Wildman–Crippen MR) is 112 cm³/mol. The summed E-state index contributed by atoms with van der Waals surface area (Å²) in [7, 11) is 0. The van der Waals surface area contributed by atoms with E-state index in [1.54, 1.807) is 6.07 Å². The summed E-state index contributed by atoms with van der Waals surface area (Å²) in [6.45, 7) is 5.34. The summed E-state index contributed by atoms with van der Waals surface area (Å²) in [5.74, 6) is -0.584. The van der Waals surface area contributed by atoms with Gasteiger partial charge in [0.2, 0.25) is 0 Å². The number of hydrogen-bond donors (Lipinski definition) is 1. The van der Waals surface area contributed by atoms with Gasteiger partial charge in [-0.2, -0.15) is 13.2 Å². The first-order chi connectivity index (χ1) is 14.9. The van der Waals surface area contributed by atoms with Crippen molar-refractivity contribution < 1.29 is 27.4 Å². The molecule has 0 bridgehead atoms. The molecule has 2 heterocycles. The van der Waals surface area contributed by atoms with Gasteiger partial charge >= 0.3 is 6.18 Å². The Morgan fingerprint density at radius 2 is 1.52 bits per heavy atom. The molecule has 0 spiro atoms. The quantitative estimate of drug-likeness (QED) is 0.795. The number of carbonyl (C=O) groups is 1. The topological polar surface area (TPSA) is 54.0 Å². The van der Waals surface area contributed by atoms with Gasteiger partial charge in [-0.3, -0.25) is 4.79 Å². The number of hydrogen-bond acceptors (Lipinski definition) is 5. The molecule has 166 valence electrons. The van der Waals surface area contributed by atoms with E-state index in [4.69, 9.17) is 9.47 Å². The van der Waals surface area contributed by atoms with Crippen molar-refractivity contribution in [1.82, 2.24) is 0 Å². The Hall–Kier alpha value is -2.78. The third kappa shape index (κ3) is 5.11. The molecule has 2 saturated heterocycles. The average Bonchev–Trinajstić information content (AvgIpc) is 2.80. The maximum Gasteiger partial charge on any atom is 0.416 e. The number of nitrogens with zero attached hydrogens (tertiary/aromatic N) is 2. The Morgan fingerprint density at radius 1 is 0.871 bits per heavy atom. The summed E-state index contributed by atoms with van der Waals surface area (Å²) in [6.07, 6.45) is -4.50. The van der Waals surface area contributed by atoms with Crippen molar-refractivity contribution in [3.63, 3.8) is 0 Å². The van der Waals surface area contributed by atoms with Crippen molar-refractivity contribution in [3.8, 4) is 0 Å². The van der Waals surface area contributed by atoms with E-state index >= 15 is 0 Å². The van der Waals surface area contributed by atoms with Gasteiger partial charge in [-0.25, -0.2) is 0 Å².